The number of rotatable bonds is 18. The number of carbonyl (C=O) groups is 1. The minimum Gasteiger partial charge on any atom is -0.354 e. The minimum absolute atomic E-state index is 0. The van der Waals surface area contributed by atoms with Crippen LogP contribution in [-0.4, -0.2) is 88.0 Å². The summed E-state index contributed by atoms with van der Waals surface area (Å²) in [6.45, 7) is 2.16. The Morgan fingerprint density at radius 2 is 1.45 bits per heavy atom. The van der Waals surface area contributed by atoms with E-state index >= 15 is 0 Å². The molecule has 0 unspecified atom stereocenters. The average Bonchev–Trinajstić information content (AvgIpc) is 2.61. The molecule has 0 aromatic carbocycles. The topological polar surface area (TPSA) is 95.9 Å². The van der Waals surface area contributed by atoms with Crippen LogP contribution in [0.15, 0.2) is 24.3 Å². The molecular formula is C20H38NNa2O5P. The Morgan fingerprint density at radius 1 is 0.897 bits per heavy atom. The maximum absolute atomic E-state index is 11.5. The monoisotopic (exact) mass is 449 g/mol. The van der Waals surface area contributed by atoms with Crippen molar-refractivity contribution in [1.82, 2.24) is 5.32 Å². The van der Waals surface area contributed by atoms with Gasteiger partial charge in [-0.1, -0.05) is 63.3 Å². The summed E-state index contributed by atoms with van der Waals surface area (Å²) in [6.07, 6.45) is 22.0. The van der Waals surface area contributed by atoms with Crippen molar-refractivity contribution in [3.05, 3.63) is 24.3 Å². The van der Waals surface area contributed by atoms with Gasteiger partial charge in [0.15, 0.2) is 0 Å². The zero-order chi connectivity index (χ0) is 20.2. The SMILES string of the molecule is CCCCC/C=C/C/C=C/CCCCCCCC(=O)NCCOP(=O)(O)O.[Na].[Na]. The number of nitrogens with one attached hydrogen (secondary N) is 1. The number of allylic oxidation sites excluding steroid dienone is 4. The summed E-state index contributed by atoms with van der Waals surface area (Å²) in [7, 11) is -4.44. The molecule has 0 aliphatic heterocycles. The summed E-state index contributed by atoms with van der Waals surface area (Å²) >= 11 is 0. The van der Waals surface area contributed by atoms with Gasteiger partial charge in [-0.15, -0.1) is 0 Å². The number of carbonyl (C=O) groups excluding carboxylic acids is 1. The Bertz CT molecular complexity index is 470. The molecule has 2 radical (unpaired) electrons. The van der Waals surface area contributed by atoms with Gasteiger partial charge in [-0.25, -0.2) is 4.57 Å². The van der Waals surface area contributed by atoms with E-state index in [1.165, 1.54) is 38.5 Å². The second-order valence-electron chi connectivity index (χ2n) is 6.65. The van der Waals surface area contributed by atoms with Gasteiger partial charge in [0.1, 0.15) is 0 Å². The van der Waals surface area contributed by atoms with Crippen LogP contribution >= 0.6 is 7.82 Å². The zero-order valence-electron chi connectivity index (χ0n) is 18.8. The molecular weight excluding hydrogens is 411 g/mol. The van der Waals surface area contributed by atoms with Gasteiger partial charge in [0.25, 0.3) is 0 Å². The van der Waals surface area contributed by atoms with E-state index < -0.39 is 7.82 Å². The van der Waals surface area contributed by atoms with E-state index in [9.17, 15) is 9.36 Å². The van der Waals surface area contributed by atoms with Crippen molar-refractivity contribution < 1.29 is 23.7 Å². The minimum atomic E-state index is -4.44. The summed E-state index contributed by atoms with van der Waals surface area (Å²) in [5.41, 5.74) is 0. The average molecular weight is 449 g/mol. The third kappa shape index (κ3) is 31.3. The molecule has 0 bridgehead atoms. The van der Waals surface area contributed by atoms with Crippen molar-refractivity contribution in [3.8, 4) is 0 Å². The molecule has 0 saturated carbocycles. The van der Waals surface area contributed by atoms with E-state index in [1.807, 2.05) is 0 Å². The third-order valence-corrected chi connectivity index (χ3v) is 4.56. The summed E-state index contributed by atoms with van der Waals surface area (Å²) in [5, 5.41) is 2.58. The fraction of sp³-hybridized carbons (Fsp3) is 0.750. The van der Waals surface area contributed by atoms with Crippen molar-refractivity contribution in [3.63, 3.8) is 0 Å². The van der Waals surface area contributed by atoms with Crippen LogP contribution in [0.5, 0.6) is 0 Å². The number of hydrogen-bond donors (Lipinski definition) is 3. The molecule has 0 spiro atoms. The molecule has 3 N–H and O–H groups in total. The van der Waals surface area contributed by atoms with Crippen LogP contribution in [0.1, 0.15) is 84.0 Å². The smallest absolute Gasteiger partial charge is 0.354 e. The Morgan fingerprint density at radius 3 is 2.03 bits per heavy atom. The molecule has 1 amide bonds. The van der Waals surface area contributed by atoms with Gasteiger partial charge in [0.2, 0.25) is 5.91 Å². The van der Waals surface area contributed by atoms with E-state index in [-0.39, 0.29) is 78.2 Å². The summed E-state index contributed by atoms with van der Waals surface area (Å²) < 4.78 is 14.7. The standard InChI is InChI=1S/C20H38NO5P.2Na/c1-2-3-4-5-6-7-8-9-10-11-12-13-14-15-16-17-20(22)21-18-19-26-27(23,24)25;;/h6-7,9-10H,2-5,8,11-19H2,1H3,(H,21,22)(H2,23,24,25);;/b7-6+,10-9+;;. The first-order valence-corrected chi connectivity index (χ1v) is 11.8. The molecule has 0 aromatic heterocycles. The maximum Gasteiger partial charge on any atom is 0.469 e. The fourth-order valence-electron chi connectivity index (χ4n) is 2.54. The fourth-order valence-corrected chi connectivity index (χ4v) is 2.87. The third-order valence-electron chi connectivity index (χ3n) is 4.04. The van der Waals surface area contributed by atoms with Gasteiger partial charge < -0.3 is 15.1 Å². The molecule has 0 fully saturated rings. The first-order chi connectivity index (χ1) is 13.0. The quantitative estimate of drug-likeness (QED) is 0.126. The van der Waals surface area contributed by atoms with Crippen LogP contribution in [0.4, 0.5) is 0 Å². The van der Waals surface area contributed by atoms with Crippen molar-refractivity contribution in [1.29, 1.82) is 0 Å². The molecule has 6 nitrogen and oxygen atoms in total. The zero-order valence-corrected chi connectivity index (χ0v) is 23.7. The Kier molecular flexibility index (Phi) is 30.3. The normalized spacial score (nSPS) is 11.4. The molecule has 9 heteroatoms. The van der Waals surface area contributed by atoms with Crippen molar-refractivity contribution in [2.75, 3.05) is 13.2 Å². The van der Waals surface area contributed by atoms with Crippen LogP contribution in [0.3, 0.4) is 0 Å². The Hall–Kier alpha value is 1.06. The molecule has 29 heavy (non-hydrogen) atoms. The summed E-state index contributed by atoms with van der Waals surface area (Å²) in [6, 6.07) is 0. The molecule has 0 rings (SSSR count). The van der Waals surface area contributed by atoms with Gasteiger partial charge in [0.05, 0.1) is 6.61 Å². The van der Waals surface area contributed by atoms with Crippen LogP contribution in [-0.2, 0) is 13.9 Å². The van der Waals surface area contributed by atoms with Crippen LogP contribution in [0.25, 0.3) is 0 Å². The summed E-state index contributed by atoms with van der Waals surface area (Å²) in [5.74, 6) is -0.102. The number of unbranched alkanes of at least 4 members (excludes halogenated alkanes) is 8. The first kappa shape index (κ1) is 34.7. The summed E-state index contributed by atoms with van der Waals surface area (Å²) in [4.78, 5) is 28.5. The number of amides is 1. The molecule has 0 aromatic rings. The van der Waals surface area contributed by atoms with Crippen LogP contribution in [0.2, 0.25) is 0 Å². The van der Waals surface area contributed by atoms with Crippen LogP contribution < -0.4 is 5.32 Å². The first-order valence-electron chi connectivity index (χ1n) is 10.2. The van der Waals surface area contributed by atoms with Gasteiger partial charge in [-0.05, 0) is 38.5 Å². The van der Waals surface area contributed by atoms with Gasteiger partial charge in [-0.3, -0.25) is 9.32 Å². The van der Waals surface area contributed by atoms with E-state index in [0.29, 0.717) is 6.42 Å². The van der Waals surface area contributed by atoms with Gasteiger partial charge in [0, 0.05) is 72.1 Å². The number of phosphoric acid groups is 1. The van der Waals surface area contributed by atoms with Crippen molar-refractivity contribution >= 4 is 72.8 Å². The number of hydrogen-bond acceptors (Lipinski definition) is 3. The van der Waals surface area contributed by atoms with Gasteiger partial charge >= 0.3 is 7.82 Å². The molecule has 0 atom stereocenters. The van der Waals surface area contributed by atoms with E-state index in [0.717, 1.165) is 32.1 Å². The van der Waals surface area contributed by atoms with Crippen molar-refractivity contribution in [2.24, 2.45) is 0 Å². The molecule has 0 aliphatic carbocycles. The second-order valence-corrected chi connectivity index (χ2v) is 7.89. The van der Waals surface area contributed by atoms with E-state index in [4.69, 9.17) is 9.79 Å². The molecule has 0 aliphatic rings. The number of phosphoric ester groups is 1. The van der Waals surface area contributed by atoms with E-state index in [1.54, 1.807) is 0 Å². The predicted molar refractivity (Wildman–Crippen MR) is 122 cm³/mol. The Balaban J connectivity index is -0.00000338. The Labute approximate surface area is 221 Å². The largest absolute Gasteiger partial charge is 0.469 e. The molecule has 0 saturated heterocycles. The van der Waals surface area contributed by atoms with E-state index in [2.05, 4.69) is 41.1 Å². The van der Waals surface area contributed by atoms with Gasteiger partial charge in [-0.2, -0.15) is 0 Å². The molecule has 160 valence electrons. The maximum atomic E-state index is 11.5. The predicted octanol–water partition coefficient (Wildman–Crippen LogP) is 4.26. The van der Waals surface area contributed by atoms with Crippen LogP contribution in [0, 0.1) is 0 Å². The molecule has 0 heterocycles. The second kappa shape index (κ2) is 25.3. The van der Waals surface area contributed by atoms with Crippen molar-refractivity contribution in [2.45, 2.75) is 84.0 Å².